The molecule has 0 radical (unpaired) electrons. The van der Waals surface area contributed by atoms with Crippen molar-refractivity contribution in [2.45, 2.75) is 26.7 Å². The number of rotatable bonds is 8. The van der Waals surface area contributed by atoms with Crippen molar-refractivity contribution >= 4 is 11.7 Å². The molecule has 150 valence electrons. The fourth-order valence-corrected chi connectivity index (χ4v) is 3.22. The second kappa shape index (κ2) is 9.97. The van der Waals surface area contributed by atoms with Gasteiger partial charge >= 0.3 is 0 Å². The number of hydrogen-bond donors (Lipinski definition) is 0. The zero-order valence-electron chi connectivity index (χ0n) is 16.8. The van der Waals surface area contributed by atoms with Crippen molar-refractivity contribution in [3.8, 4) is 11.5 Å². The van der Waals surface area contributed by atoms with Gasteiger partial charge in [-0.25, -0.2) is 4.98 Å². The Kier molecular flexibility index (Phi) is 7.12. The molecule has 0 bridgehead atoms. The Morgan fingerprint density at radius 1 is 1.04 bits per heavy atom. The van der Waals surface area contributed by atoms with Crippen LogP contribution in [-0.4, -0.2) is 55.2 Å². The normalized spacial score (nSPS) is 14.1. The average Bonchev–Trinajstić information content (AvgIpc) is 2.75. The second-order valence-corrected chi connectivity index (χ2v) is 6.76. The molecule has 1 amide bonds. The number of carbonyl (C=O) groups excluding carboxylic acids is 1. The summed E-state index contributed by atoms with van der Waals surface area (Å²) < 4.78 is 11.5. The number of nitrogens with zero attached hydrogens (tertiary/aromatic N) is 3. The maximum Gasteiger partial charge on any atom is 0.254 e. The van der Waals surface area contributed by atoms with Crippen molar-refractivity contribution in [1.29, 1.82) is 0 Å². The molecule has 0 saturated carbocycles. The molecule has 0 atom stereocenters. The highest BCUT2D eigenvalue weighted by atomic mass is 16.5. The van der Waals surface area contributed by atoms with E-state index in [1.807, 2.05) is 42.2 Å². The summed E-state index contributed by atoms with van der Waals surface area (Å²) in [4.78, 5) is 21.5. The molecule has 3 rings (SSSR count). The van der Waals surface area contributed by atoms with E-state index in [0.717, 1.165) is 31.7 Å². The molecule has 6 nitrogen and oxygen atoms in total. The van der Waals surface area contributed by atoms with E-state index >= 15 is 0 Å². The van der Waals surface area contributed by atoms with Gasteiger partial charge in [-0.1, -0.05) is 19.4 Å². The van der Waals surface area contributed by atoms with Gasteiger partial charge in [0.05, 0.1) is 13.2 Å². The molecule has 1 aromatic carbocycles. The van der Waals surface area contributed by atoms with Crippen LogP contribution in [-0.2, 0) is 0 Å². The number of benzene rings is 1. The largest absolute Gasteiger partial charge is 0.490 e. The van der Waals surface area contributed by atoms with Crippen LogP contribution in [0.1, 0.15) is 37.0 Å². The number of piperazine rings is 1. The fourth-order valence-electron chi connectivity index (χ4n) is 3.22. The Hall–Kier alpha value is -2.76. The van der Waals surface area contributed by atoms with Gasteiger partial charge in [0.15, 0.2) is 11.5 Å². The summed E-state index contributed by atoms with van der Waals surface area (Å²) in [5.74, 6) is 2.33. The van der Waals surface area contributed by atoms with E-state index < -0.39 is 0 Å². The quantitative estimate of drug-likeness (QED) is 0.652. The number of unbranched alkanes of at least 4 members (excludes halogenated alkanes) is 1. The van der Waals surface area contributed by atoms with E-state index in [-0.39, 0.29) is 5.91 Å². The highest BCUT2D eigenvalue weighted by molar-refractivity contribution is 5.95. The molecule has 2 heterocycles. The first-order valence-corrected chi connectivity index (χ1v) is 10.1. The van der Waals surface area contributed by atoms with E-state index in [2.05, 4.69) is 16.8 Å². The van der Waals surface area contributed by atoms with Gasteiger partial charge in [0.1, 0.15) is 5.82 Å². The summed E-state index contributed by atoms with van der Waals surface area (Å²) in [7, 11) is 0. The number of carbonyl (C=O) groups is 1. The van der Waals surface area contributed by atoms with Gasteiger partial charge in [-0.3, -0.25) is 4.79 Å². The maximum absolute atomic E-state index is 13.0. The Morgan fingerprint density at radius 2 is 1.86 bits per heavy atom. The van der Waals surface area contributed by atoms with Crippen molar-refractivity contribution in [1.82, 2.24) is 9.88 Å². The number of hydrogen-bond acceptors (Lipinski definition) is 5. The van der Waals surface area contributed by atoms with E-state index in [1.165, 1.54) is 0 Å². The van der Waals surface area contributed by atoms with Crippen molar-refractivity contribution in [2.75, 3.05) is 44.3 Å². The number of pyridine rings is 1. The van der Waals surface area contributed by atoms with E-state index in [1.54, 1.807) is 12.3 Å². The highest BCUT2D eigenvalue weighted by Crippen LogP contribution is 2.29. The van der Waals surface area contributed by atoms with E-state index in [9.17, 15) is 4.79 Å². The van der Waals surface area contributed by atoms with Crippen molar-refractivity contribution in [2.24, 2.45) is 0 Å². The van der Waals surface area contributed by atoms with E-state index in [0.29, 0.717) is 43.4 Å². The zero-order valence-corrected chi connectivity index (χ0v) is 16.8. The Bertz CT molecular complexity index is 759. The second-order valence-electron chi connectivity index (χ2n) is 6.76. The standard InChI is InChI=1S/C22H29N3O3/c1-3-5-16-28-19-10-9-18(17-20(19)27-4-2)22(26)25-14-12-24(13-15-25)21-8-6-7-11-23-21/h6-11,17H,3-5,12-16H2,1-2H3. The summed E-state index contributed by atoms with van der Waals surface area (Å²) >= 11 is 0. The molecule has 2 aromatic rings. The first-order chi connectivity index (χ1) is 13.7. The average molecular weight is 383 g/mol. The smallest absolute Gasteiger partial charge is 0.254 e. The minimum absolute atomic E-state index is 0.0294. The monoisotopic (exact) mass is 383 g/mol. The molecule has 1 aromatic heterocycles. The van der Waals surface area contributed by atoms with Crippen LogP contribution in [0.4, 0.5) is 5.82 Å². The van der Waals surface area contributed by atoms with Gasteiger partial charge < -0.3 is 19.3 Å². The van der Waals surface area contributed by atoms with Crippen molar-refractivity contribution in [3.63, 3.8) is 0 Å². The molecule has 0 spiro atoms. The van der Waals surface area contributed by atoms with Crippen LogP contribution in [0.15, 0.2) is 42.6 Å². The number of anilines is 1. The molecule has 6 heteroatoms. The Labute approximate surface area is 167 Å². The van der Waals surface area contributed by atoms with Crippen molar-refractivity contribution < 1.29 is 14.3 Å². The van der Waals surface area contributed by atoms with Gasteiger partial charge in [-0.15, -0.1) is 0 Å². The third-order valence-electron chi connectivity index (χ3n) is 4.79. The van der Waals surface area contributed by atoms with Gasteiger partial charge in [-0.2, -0.15) is 0 Å². The zero-order chi connectivity index (χ0) is 19.8. The topological polar surface area (TPSA) is 54.9 Å². The highest BCUT2D eigenvalue weighted by Gasteiger charge is 2.23. The Balaban J connectivity index is 1.64. The summed E-state index contributed by atoms with van der Waals surface area (Å²) in [6.07, 6.45) is 3.87. The van der Waals surface area contributed by atoms with Crippen molar-refractivity contribution in [3.05, 3.63) is 48.2 Å². The van der Waals surface area contributed by atoms with Gasteiger partial charge in [0.25, 0.3) is 5.91 Å². The first-order valence-electron chi connectivity index (χ1n) is 10.1. The van der Waals surface area contributed by atoms with Gasteiger partial charge in [-0.05, 0) is 43.7 Å². The summed E-state index contributed by atoms with van der Waals surface area (Å²) in [6.45, 7) is 8.15. The lowest BCUT2D eigenvalue weighted by molar-refractivity contribution is 0.0746. The fraction of sp³-hybridized carbons (Fsp3) is 0.455. The SMILES string of the molecule is CCCCOc1ccc(C(=O)N2CCN(c3ccccn3)CC2)cc1OCC. The molecule has 1 aliphatic rings. The molecular weight excluding hydrogens is 354 g/mol. The lowest BCUT2D eigenvalue weighted by Crippen LogP contribution is -2.49. The van der Waals surface area contributed by atoms with Crippen LogP contribution in [0.3, 0.4) is 0 Å². The summed E-state index contributed by atoms with van der Waals surface area (Å²) in [5, 5.41) is 0. The molecule has 28 heavy (non-hydrogen) atoms. The van der Waals surface area contributed by atoms with Crippen LogP contribution in [0.2, 0.25) is 0 Å². The molecule has 0 unspecified atom stereocenters. The van der Waals surface area contributed by atoms with Gasteiger partial charge in [0.2, 0.25) is 0 Å². The molecule has 0 aliphatic carbocycles. The van der Waals surface area contributed by atoms with Crippen LogP contribution >= 0.6 is 0 Å². The third-order valence-corrected chi connectivity index (χ3v) is 4.79. The van der Waals surface area contributed by atoms with Gasteiger partial charge in [0, 0.05) is 37.9 Å². The molecular formula is C22H29N3O3. The minimum atomic E-state index is 0.0294. The lowest BCUT2D eigenvalue weighted by Gasteiger charge is -2.35. The maximum atomic E-state index is 13.0. The lowest BCUT2D eigenvalue weighted by atomic mass is 10.1. The Morgan fingerprint density at radius 3 is 2.54 bits per heavy atom. The molecule has 0 N–H and O–H groups in total. The van der Waals surface area contributed by atoms with Crippen LogP contribution < -0.4 is 14.4 Å². The number of amides is 1. The predicted octanol–water partition coefficient (Wildman–Crippen LogP) is 3.62. The molecule has 1 fully saturated rings. The minimum Gasteiger partial charge on any atom is -0.490 e. The van der Waals surface area contributed by atoms with Crippen LogP contribution in [0.5, 0.6) is 11.5 Å². The molecule has 1 saturated heterocycles. The predicted molar refractivity (Wildman–Crippen MR) is 110 cm³/mol. The number of ether oxygens (including phenoxy) is 2. The third kappa shape index (κ3) is 4.94. The summed E-state index contributed by atoms with van der Waals surface area (Å²) in [6, 6.07) is 11.4. The van der Waals surface area contributed by atoms with E-state index in [4.69, 9.17) is 9.47 Å². The van der Waals surface area contributed by atoms with Crippen LogP contribution in [0, 0.1) is 0 Å². The first kappa shape index (κ1) is 20.0. The number of aromatic nitrogens is 1. The summed E-state index contributed by atoms with van der Waals surface area (Å²) in [5.41, 5.74) is 0.637. The molecule has 1 aliphatic heterocycles. The van der Waals surface area contributed by atoms with Crippen LogP contribution in [0.25, 0.3) is 0 Å².